The normalized spacial score (nSPS) is 13.0. The van der Waals surface area contributed by atoms with Gasteiger partial charge >= 0.3 is 0 Å². The van der Waals surface area contributed by atoms with Crippen molar-refractivity contribution in [3.05, 3.63) is 407 Å². The first-order valence-corrected chi connectivity index (χ1v) is 50.1. The molecule has 15 aromatic rings. The van der Waals surface area contributed by atoms with E-state index in [4.69, 9.17) is 31.2 Å². The number of anilines is 5. The van der Waals surface area contributed by atoms with Gasteiger partial charge < -0.3 is 51.1 Å². The molecule has 4 aliphatic heterocycles. The van der Waals surface area contributed by atoms with Gasteiger partial charge in [-0.05, 0) is 188 Å². The minimum Gasteiger partial charge on any atom is -0.492 e. The zero-order chi connectivity index (χ0) is 98.7. The molecule has 32 heteroatoms. The van der Waals surface area contributed by atoms with Crippen molar-refractivity contribution in [1.29, 1.82) is 0 Å². The molecule has 7 N–H and O–H groups in total. The Morgan fingerprint density at radius 1 is 0.574 bits per heavy atom. The largest absolute Gasteiger partial charge is 0.492 e. The van der Waals surface area contributed by atoms with Crippen molar-refractivity contribution in [1.82, 2.24) is 39.6 Å². The molecule has 20 rings (SSSR count). The number of thioether (sulfide) groups is 2. The summed E-state index contributed by atoms with van der Waals surface area (Å²) in [5, 5.41) is 28.9. The number of carbonyl (C=O) groups excluding carboxylic acids is 8. The molecule has 720 valence electrons. The number of rotatable bonds is 25. The number of nitrogens with two attached hydrogens (primary N) is 1. The van der Waals surface area contributed by atoms with Gasteiger partial charge in [-0.25, -0.2) is 27.2 Å². The lowest BCUT2D eigenvalue weighted by Crippen LogP contribution is -2.40. The third-order valence-corrected chi connectivity index (χ3v) is 27.1. The summed E-state index contributed by atoms with van der Waals surface area (Å²) in [4.78, 5) is 103. The maximum atomic E-state index is 13.4. The molecule has 5 aliphatic rings. The molecule has 0 saturated carbocycles. The number of amides is 6. The van der Waals surface area contributed by atoms with Crippen LogP contribution in [0.1, 0.15) is 157 Å². The molecule has 0 bridgehead atoms. The van der Waals surface area contributed by atoms with Crippen LogP contribution in [0.25, 0.3) is 23.1 Å². The Bertz CT molecular complexity index is 6900. The molecule has 9 heterocycles. The number of Topliss-reactive ketones (excluding diaryl/α,β-unsaturated/α-hetero) is 2. The molecule has 1 aliphatic carbocycles. The molecule has 5 aromatic heterocycles. The second kappa shape index (κ2) is 49.4. The number of fused-ring (bicyclic) bond motifs is 4. The summed E-state index contributed by atoms with van der Waals surface area (Å²) in [6, 6.07) is 79.5. The van der Waals surface area contributed by atoms with Crippen molar-refractivity contribution in [2.24, 2.45) is 0 Å². The number of hydrogen-bond acceptors (Lipinski definition) is 18. The fourth-order valence-electron chi connectivity index (χ4n) is 16.1. The van der Waals surface area contributed by atoms with Gasteiger partial charge in [0.25, 0.3) is 17.7 Å². The van der Waals surface area contributed by atoms with Crippen LogP contribution in [0, 0.1) is 24.4 Å². The van der Waals surface area contributed by atoms with Crippen molar-refractivity contribution in [2.75, 3.05) is 66.5 Å². The summed E-state index contributed by atoms with van der Waals surface area (Å²) >= 11 is 14.4. The van der Waals surface area contributed by atoms with Crippen LogP contribution in [0.15, 0.2) is 294 Å². The molecule has 0 radical (unpaired) electrons. The summed E-state index contributed by atoms with van der Waals surface area (Å²) in [7, 11) is 0. The van der Waals surface area contributed by atoms with E-state index < -0.39 is 29.1 Å². The summed E-state index contributed by atoms with van der Waals surface area (Å²) < 4.78 is 62.1. The second-order valence-corrected chi connectivity index (χ2v) is 37.5. The Hall–Kier alpha value is -14.5. The number of para-hydroxylation sites is 3. The van der Waals surface area contributed by atoms with E-state index in [9.17, 15) is 51.5 Å². The average molecular weight is 2040 g/mol. The number of nitrogens with one attached hydrogen (secondary N) is 5. The van der Waals surface area contributed by atoms with Crippen molar-refractivity contribution < 1.29 is 65.4 Å². The predicted molar refractivity (Wildman–Crippen MR) is 552 cm³/mol. The quantitative estimate of drug-likeness (QED) is 0.0229. The molecule has 24 nitrogen and oxygen atoms in total. The first-order chi connectivity index (χ1) is 68.6. The monoisotopic (exact) mass is 2030 g/mol. The van der Waals surface area contributed by atoms with E-state index in [1.807, 2.05) is 217 Å². The van der Waals surface area contributed by atoms with Gasteiger partial charge in [-0.15, -0.1) is 11.3 Å². The number of ketones is 2. The lowest BCUT2D eigenvalue weighted by molar-refractivity contribution is -0.118. The first kappa shape index (κ1) is 101. The zero-order valence-electron chi connectivity index (χ0n) is 77.0. The topological polar surface area (TPSA) is 311 Å². The van der Waals surface area contributed by atoms with Crippen LogP contribution in [0.3, 0.4) is 0 Å². The van der Waals surface area contributed by atoms with Gasteiger partial charge in [0.2, 0.25) is 17.7 Å². The number of nitrogens with zero attached hydrogens (tertiary/aromatic N) is 7. The van der Waals surface area contributed by atoms with E-state index in [2.05, 4.69) is 69.9 Å². The highest BCUT2D eigenvalue weighted by Gasteiger charge is 2.32. The number of thiophene rings is 1. The van der Waals surface area contributed by atoms with Gasteiger partial charge in [0.05, 0.1) is 88.3 Å². The highest BCUT2D eigenvalue weighted by Crippen LogP contribution is 2.41. The molecule has 141 heavy (non-hydrogen) atoms. The number of nitrogen functional groups attached to an aromatic ring is 1. The van der Waals surface area contributed by atoms with Crippen LogP contribution >= 0.6 is 62.4 Å². The predicted octanol–water partition coefficient (Wildman–Crippen LogP) is 22.5. The second-order valence-electron chi connectivity index (χ2n) is 33.0. The number of halogens is 5. The fraction of sp³-hybridized carbons (Fsp3) is 0.202. The Morgan fingerprint density at radius 2 is 1.18 bits per heavy atom. The lowest BCUT2D eigenvalue weighted by Gasteiger charge is -2.27. The van der Waals surface area contributed by atoms with Gasteiger partial charge in [-0.1, -0.05) is 198 Å². The molecule has 1 atom stereocenters. The minimum atomic E-state index is -0.864. The van der Waals surface area contributed by atoms with Crippen LogP contribution in [-0.2, 0) is 74.2 Å². The molecular weight excluding hydrogens is 1940 g/mol. The summed E-state index contributed by atoms with van der Waals surface area (Å²) in [6.45, 7) is 7.85. The maximum Gasteiger partial charge on any atom is 0.292 e. The number of aryl methyl sites for hydroxylation is 2. The smallest absolute Gasteiger partial charge is 0.292 e. The molecule has 1 unspecified atom stereocenters. The molecule has 1 saturated heterocycles. The van der Waals surface area contributed by atoms with Crippen LogP contribution in [0.5, 0.6) is 5.75 Å². The Kier molecular flexibility index (Phi) is 35.4. The highest BCUT2D eigenvalue weighted by molar-refractivity contribution is 9.10. The minimum absolute atomic E-state index is 0.0159. The van der Waals surface area contributed by atoms with Crippen LogP contribution in [0.2, 0.25) is 5.02 Å². The van der Waals surface area contributed by atoms with E-state index in [0.29, 0.717) is 84.2 Å². The first-order valence-electron chi connectivity index (χ1n) is 45.8. The van der Waals surface area contributed by atoms with Crippen LogP contribution in [0.4, 0.5) is 41.3 Å². The SMILES string of the molecule is CCC(C(=O)Nc1c2c(nn1-c1ccc(F)cc1)CSC2)c1ccccc1.Cc1ccc(CC(=O)c2cnn(-c3ccccc3)c2NC(=O)c2ccco2)cc1.Nc1sc2c(c1C(=O)NCCc1ccccc1)CCC2.O=C(/C=C/c1ccccc1)Nc1c2c(nn1-c1ccccc1)CSC2.O=C(CCC(=O)c1ccc(Cl)cc1)Nc1c(F)cccc1F.O=C(c1cc(Br)cc2c1OCC2)N1CCOCC1. The van der Waals surface area contributed by atoms with E-state index >= 15 is 0 Å². The van der Waals surface area contributed by atoms with E-state index in [1.165, 1.54) is 46.7 Å². The van der Waals surface area contributed by atoms with Crippen molar-refractivity contribution >= 4 is 144 Å². The molecule has 6 amide bonds. The van der Waals surface area contributed by atoms with Gasteiger partial charge in [0, 0.05) is 105 Å². The molecule has 10 aromatic carbocycles. The number of hydrogen-bond donors (Lipinski definition) is 6. The number of ether oxygens (including phenoxy) is 2. The van der Waals surface area contributed by atoms with Crippen LogP contribution < -0.4 is 37.1 Å². The van der Waals surface area contributed by atoms with E-state index in [0.717, 1.165) is 156 Å². The zero-order valence-corrected chi connectivity index (χ0v) is 81.8. The fourth-order valence-corrected chi connectivity index (χ4v) is 19.9. The molecule has 1 fully saturated rings. The maximum absolute atomic E-state index is 13.4. The number of carbonyl (C=O) groups is 8. The number of morpholine rings is 1. The Morgan fingerprint density at radius 3 is 1.82 bits per heavy atom. The van der Waals surface area contributed by atoms with Gasteiger partial charge in [-0.2, -0.15) is 38.8 Å². The van der Waals surface area contributed by atoms with Crippen LogP contribution in [-0.4, -0.2) is 121 Å². The van der Waals surface area contributed by atoms with Gasteiger partial charge in [0.15, 0.2) is 17.3 Å². The van der Waals surface area contributed by atoms with Crippen molar-refractivity contribution in [3.63, 3.8) is 0 Å². The van der Waals surface area contributed by atoms with Crippen molar-refractivity contribution in [3.8, 4) is 22.8 Å². The molecular formula is C109H100BrClF3N13O11S3. The lowest BCUT2D eigenvalue weighted by atomic mass is 9.95. The summed E-state index contributed by atoms with van der Waals surface area (Å²) in [5.74, 6) is 2.20. The number of furan rings is 1. The third kappa shape index (κ3) is 26.8. The summed E-state index contributed by atoms with van der Waals surface area (Å²) in [6.07, 6.45) is 11.9. The molecule has 0 spiro atoms. The average Bonchev–Trinajstić information content (AvgIpc) is 1.60. The van der Waals surface area contributed by atoms with Crippen molar-refractivity contribution in [2.45, 2.75) is 101 Å². The Balaban J connectivity index is 0.000000129. The van der Waals surface area contributed by atoms with E-state index in [1.54, 1.807) is 87.1 Å². The number of aromatic nitrogens is 6. The Labute approximate surface area is 839 Å². The van der Waals surface area contributed by atoms with Gasteiger partial charge in [0.1, 0.15) is 46.3 Å². The third-order valence-electron chi connectivity index (χ3n) is 23.3. The standard InChI is InChI=1S/C23H19N3O3.C21H20FN3OS.C20H17N3OS.C16H12ClF2NO2.C16H18N2OS.C13H14BrNO3/c1-16-9-11-17(12-10-16)14-20(27)19-15-24-26(18-6-3-2-4-7-18)22(19)25-23(28)21-8-5-13-29-21;1-2-17(14-6-4-3-5-7-14)21(26)23-20-18-12-27-13-19(18)24-25(20)16-10-8-15(22)9-11-16;24-19(12-11-15-7-3-1-4-8-15)21-20-17-13-25-14-18(17)22-23(20)16-9-5-2-6-10-16;17-11-6-4-10(5-7-11)14(21)8-9-15(22)20-16-12(18)2-1-3-13(16)19;17-15-14(12-7-4-8-13(12)20-15)16(19)18-10-9-11-5-2-1-3-6-11;14-10-7-9-1-4-18-12(9)11(8-10)13(16)15-2-5-17-6-3-15/h2-13,15H,14H2,1H3,(H,25,28);3-11,17H,2,12-13H2,1H3,(H,23,26);1-12H,13-14H2,(H,21,24);1-7H,8-9H2,(H,20,22);1-3,5-6H,4,7-10,17H2,(H,18,19);7-8H,1-6H2/b;;12-11+;;;. The van der Waals surface area contributed by atoms with Gasteiger partial charge in [-0.3, -0.25) is 38.4 Å². The number of benzene rings is 10. The highest BCUT2D eigenvalue weighted by atomic mass is 79.9. The van der Waals surface area contributed by atoms with E-state index in [-0.39, 0.29) is 72.0 Å². The summed E-state index contributed by atoms with van der Waals surface area (Å²) in [5.41, 5.74) is 21.8.